The van der Waals surface area contributed by atoms with E-state index < -0.39 is 0 Å². The Morgan fingerprint density at radius 2 is 2.19 bits per heavy atom. The largest absolute Gasteiger partial charge is 0.240 e. The average Bonchev–Trinajstić information content (AvgIpc) is 2.39. The van der Waals surface area contributed by atoms with Crippen LogP contribution in [0, 0.1) is 11.3 Å². The zero-order valence-electron chi connectivity index (χ0n) is 10.1. The molecule has 84 valence electrons. The summed E-state index contributed by atoms with van der Waals surface area (Å²) in [6.07, 6.45) is 9.31. The summed E-state index contributed by atoms with van der Waals surface area (Å²) in [7, 11) is 0. The quantitative estimate of drug-likeness (QED) is 0.733. The summed E-state index contributed by atoms with van der Waals surface area (Å²) in [5, 5.41) is 0. The molecule has 0 aromatic carbocycles. The number of fused-ring (bicyclic) bond motifs is 1. The molecule has 2 nitrogen and oxygen atoms in total. The van der Waals surface area contributed by atoms with E-state index in [1.165, 1.54) is 0 Å². The van der Waals surface area contributed by atoms with Crippen LogP contribution in [-0.4, -0.2) is 11.2 Å². The SMILES string of the molecule is CC(C)CC1(C)C=Cc2cccnc2N=C1. The van der Waals surface area contributed by atoms with Crippen molar-refractivity contribution in [3.8, 4) is 0 Å². The van der Waals surface area contributed by atoms with Crippen LogP contribution in [0.4, 0.5) is 5.82 Å². The number of pyridine rings is 1. The van der Waals surface area contributed by atoms with Crippen LogP contribution in [0.2, 0.25) is 0 Å². The normalized spacial score (nSPS) is 23.2. The number of allylic oxidation sites excluding steroid dienone is 1. The Balaban J connectivity index is 2.33. The van der Waals surface area contributed by atoms with Gasteiger partial charge in [0.2, 0.25) is 0 Å². The summed E-state index contributed by atoms with van der Waals surface area (Å²) in [6.45, 7) is 6.70. The van der Waals surface area contributed by atoms with E-state index in [0.29, 0.717) is 5.92 Å². The predicted molar refractivity (Wildman–Crippen MR) is 69.0 cm³/mol. The number of hydrogen-bond acceptors (Lipinski definition) is 2. The molecule has 1 aromatic rings. The van der Waals surface area contributed by atoms with Gasteiger partial charge < -0.3 is 0 Å². The summed E-state index contributed by atoms with van der Waals surface area (Å²) in [4.78, 5) is 8.77. The second-order valence-electron chi connectivity index (χ2n) is 5.11. The molecule has 0 fully saturated rings. The molecule has 0 saturated carbocycles. The fraction of sp³-hybridized carbons (Fsp3) is 0.429. The van der Waals surface area contributed by atoms with Crippen LogP contribution in [0.3, 0.4) is 0 Å². The monoisotopic (exact) mass is 214 g/mol. The minimum absolute atomic E-state index is 0.0505. The fourth-order valence-corrected chi connectivity index (χ4v) is 2.18. The Morgan fingerprint density at radius 1 is 1.38 bits per heavy atom. The van der Waals surface area contributed by atoms with Gasteiger partial charge in [-0.25, -0.2) is 9.98 Å². The maximum Gasteiger partial charge on any atom is 0.158 e. The second-order valence-corrected chi connectivity index (χ2v) is 5.11. The first kappa shape index (κ1) is 11.1. The molecule has 1 atom stereocenters. The Bertz CT molecular complexity index is 397. The third-order valence-corrected chi connectivity index (χ3v) is 2.79. The highest BCUT2D eigenvalue weighted by molar-refractivity contribution is 5.78. The molecule has 0 radical (unpaired) electrons. The van der Waals surface area contributed by atoms with Crippen molar-refractivity contribution in [3.63, 3.8) is 0 Å². The molecule has 1 aromatic heterocycles. The minimum atomic E-state index is 0.0505. The highest BCUT2D eigenvalue weighted by Gasteiger charge is 2.21. The van der Waals surface area contributed by atoms with E-state index in [9.17, 15) is 0 Å². The molecular formula is C14H18N2. The lowest BCUT2D eigenvalue weighted by molar-refractivity contribution is 0.445. The van der Waals surface area contributed by atoms with Gasteiger partial charge in [-0.3, -0.25) is 0 Å². The zero-order chi connectivity index (χ0) is 11.6. The maximum atomic E-state index is 4.49. The molecular weight excluding hydrogens is 196 g/mol. The predicted octanol–water partition coefficient (Wildman–Crippen LogP) is 3.86. The second kappa shape index (κ2) is 4.20. The molecule has 0 saturated heterocycles. The number of aromatic nitrogens is 1. The minimum Gasteiger partial charge on any atom is -0.240 e. The van der Waals surface area contributed by atoms with E-state index >= 15 is 0 Å². The van der Waals surface area contributed by atoms with Gasteiger partial charge in [0.1, 0.15) is 0 Å². The highest BCUT2D eigenvalue weighted by atomic mass is 14.9. The number of aliphatic imine (C=N–C) groups is 1. The van der Waals surface area contributed by atoms with E-state index in [4.69, 9.17) is 0 Å². The van der Waals surface area contributed by atoms with E-state index in [-0.39, 0.29) is 5.41 Å². The molecule has 0 N–H and O–H groups in total. The van der Waals surface area contributed by atoms with Crippen molar-refractivity contribution >= 4 is 18.1 Å². The lowest BCUT2D eigenvalue weighted by atomic mass is 9.83. The number of nitrogens with zero attached hydrogens (tertiary/aromatic N) is 2. The van der Waals surface area contributed by atoms with Gasteiger partial charge in [-0.1, -0.05) is 32.9 Å². The Morgan fingerprint density at radius 3 is 2.94 bits per heavy atom. The zero-order valence-corrected chi connectivity index (χ0v) is 10.1. The molecule has 2 heterocycles. The van der Waals surface area contributed by atoms with Crippen molar-refractivity contribution in [2.45, 2.75) is 27.2 Å². The van der Waals surface area contributed by atoms with Crippen molar-refractivity contribution < 1.29 is 0 Å². The molecule has 0 aliphatic carbocycles. The summed E-state index contributed by atoms with van der Waals surface area (Å²) in [5.74, 6) is 1.49. The van der Waals surface area contributed by atoms with Crippen LogP contribution in [0.5, 0.6) is 0 Å². The lowest BCUT2D eigenvalue weighted by Gasteiger charge is -2.22. The van der Waals surface area contributed by atoms with Crippen molar-refractivity contribution in [1.82, 2.24) is 4.98 Å². The maximum absolute atomic E-state index is 4.49. The average molecular weight is 214 g/mol. The molecule has 1 aliphatic heterocycles. The fourth-order valence-electron chi connectivity index (χ4n) is 2.18. The molecule has 1 unspecified atom stereocenters. The first-order chi connectivity index (χ1) is 7.59. The third-order valence-electron chi connectivity index (χ3n) is 2.79. The van der Waals surface area contributed by atoms with Gasteiger partial charge >= 0.3 is 0 Å². The summed E-state index contributed by atoms with van der Waals surface area (Å²) in [5.41, 5.74) is 1.15. The van der Waals surface area contributed by atoms with Gasteiger partial charge in [0.15, 0.2) is 5.82 Å². The van der Waals surface area contributed by atoms with Crippen LogP contribution in [0.1, 0.15) is 32.8 Å². The molecule has 0 bridgehead atoms. The van der Waals surface area contributed by atoms with Gasteiger partial charge in [-0.05, 0) is 24.5 Å². The Hall–Kier alpha value is -1.44. The van der Waals surface area contributed by atoms with Crippen LogP contribution >= 0.6 is 0 Å². The van der Waals surface area contributed by atoms with Crippen molar-refractivity contribution in [2.75, 3.05) is 0 Å². The van der Waals surface area contributed by atoms with Gasteiger partial charge in [0, 0.05) is 23.4 Å². The molecule has 2 rings (SSSR count). The standard InChI is InChI=1S/C14H18N2/c1-11(2)9-14(3)7-6-12-5-4-8-15-13(12)16-10-14/h4-8,10-11H,9H2,1-3H3. The van der Waals surface area contributed by atoms with Crippen LogP contribution in [0.15, 0.2) is 29.4 Å². The number of rotatable bonds is 2. The summed E-state index contributed by atoms with van der Waals surface area (Å²) >= 11 is 0. The lowest BCUT2D eigenvalue weighted by Crippen LogP contribution is -2.17. The van der Waals surface area contributed by atoms with Gasteiger partial charge in [0.05, 0.1) is 0 Å². The number of hydrogen-bond donors (Lipinski definition) is 0. The van der Waals surface area contributed by atoms with Crippen molar-refractivity contribution in [2.24, 2.45) is 16.3 Å². The van der Waals surface area contributed by atoms with Gasteiger partial charge in [0.25, 0.3) is 0 Å². The van der Waals surface area contributed by atoms with Crippen LogP contribution in [0.25, 0.3) is 6.08 Å². The first-order valence-electron chi connectivity index (χ1n) is 5.78. The summed E-state index contributed by atoms with van der Waals surface area (Å²) in [6, 6.07) is 4.00. The molecule has 16 heavy (non-hydrogen) atoms. The van der Waals surface area contributed by atoms with Gasteiger partial charge in [-0.15, -0.1) is 0 Å². The topological polar surface area (TPSA) is 25.2 Å². The van der Waals surface area contributed by atoms with E-state index in [1.807, 2.05) is 12.3 Å². The molecule has 2 heteroatoms. The smallest absolute Gasteiger partial charge is 0.158 e. The van der Waals surface area contributed by atoms with Crippen molar-refractivity contribution in [1.29, 1.82) is 0 Å². The molecule has 0 spiro atoms. The highest BCUT2D eigenvalue weighted by Crippen LogP contribution is 2.31. The van der Waals surface area contributed by atoms with E-state index in [0.717, 1.165) is 17.8 Å². The first-order valence-corrected chi connectivity index (χ1v) is 5.78. The molecule has 1 aliphatic rings. The van der Waals surface area contributed by atoms with E-state index in [1.54, 1.807) is 6.20 Å². The van der Waals surface area contributed by atoms with Crippen LogP contribution in [-0.2, 0) is 0 Å². The Labute approximate surface area is 97.1 Å². The summed E-state index contributed by atoms with van der Waals surface area (Å²) < 4.78 is 0. The van der Waals surface area contributed by atoms with Crippen LogP contribution < -0.4 is 0 Å². The van der Waals surface area contributed by atoms with E-state index in [2.05, 4.69) is 49.0 Å². The Kier molecular flexibility index (Phi) is 2.90. The third kappa shape index (κ3) is 2.38. The molecule has 0 amide bonds. The van der Waals surface area contributed by atoms with Crippen molar-refractivity contribution in [3.05, 3.63) is 30.0 Å². The van der Waals surface area contributed by atoms with Gasteiger partial charge in [-0.2, -0.15) is 0 Å².